The van der Waals surface area contributed by atoms with Gasteiger partial charge < -0.3 is 10.1 Å². The number of aromatic nitrogens is 1. The standard InChI is InChI=1S/C20H20N2O2/c1-12-8-9-15(10-14(12)3)21-17-11-18(20(23)24-4)22-19-13(2)6-5-7-16(17)19/h5-11H,1-4H3,(H,21,22). The summed E-state index contributed by atoms with van der Waals surface area (Å²) in [6.07, 6.45) is 0. The van der Waals surface area contributed by atoms with E-state index in [-0.39, 0.29) is 0 Å². The number of rotatable bonds is 3. The van der Waals surface area contributed by atoms with Gasteiger partial charge in [-0.3, -0.25) is 0 Å². The fourth-order valence-corrected chi connectivity index (χ4v) is 2.68. The number of pyridine rings is 1. The highest BCUT2D eigenvalue weighted by atomic mass is 16.5. The SMILES string of the molecule is COC(=O)c1cc(Nc2ccc(C)c(C)c2)c2cccc(C)c2n1. The van der Waals surface area contributed by atoms with Crippen molar-refractivity contribution in [3.05, 3.63) is 64.8 Å². The number of anilines is 2. The molecule has 0 radical (unpaired) electrons. The first kappa shape index (κ1) is 16.0. The highest BCUT2D eigenvalue weighted by Gasteiger charge is 2.14. The molecule has 122 valence electrons. The summed E-state index contributed by atoms with van der Waals surface area (Å²) in [5, 5.41) is 4.39. The number of hydrogen-bond acceptors (Lipinski definition) is 4. The monoisotopic (exact) mass is 320 g/mol. The third-order valence-corrected chi connectivity index (χ3v) is 4.22. The van der Waals surface area contributed by atoms with Crippen LogP contribution < -0.4 is 5.32 Å². The normalized spacial score (nSPS) is 10.7. The minimum Gasteiger partial charge on any atom is -0.464 e. The molecule has 0 saturated carbocycles. The Kier molecular flexibility index (Phi) is 4.21. The van der Waals surface area contributed by atoms with Crippen LogP contribution in [0, 0.1) is 20.8 Å². The van der Waals surface area contributed by atoms with E-state index in [1.165, 1.54) is 18.2 Å². The third kappa shape index (κ3) is 2.95. The van der Waals surface area contributed by atoms with Gasteiger partial charge in [-0.25, -0.2) is 9.78 Å². The van der Waals surface area contributed by atoms with E-state index in [2.05, 4.69) is 36.3 Å². The van der Waals surface area contributed by atoms with Crippen LogP contribution in [0.15, 0.2) is 42.5 Å². The van der Waals surface area contributed by atoms with Crippen LogP contribution in [0.1, 0.15) is 27.2 Å². The number of hydrogen-bond donors (Lipinski definition) is 1. The van der Waals surface area contributed by atoms with Gasteiger partial charge in [0.15, 0.2) is 5.69 Å². The van der Waals surface area contributed by atoms with Crippen molar-refractivity contribution in [2.75, 3.05) is 12.4 Å². The number of para-hydroxylation sites is 1. The van der Waals surface area contributed by atoms with E-state index < -0.39 is 5.97 Å². The summed E-state index contributed by atoms with van der Waals surface area (Å²) in [5.41, 5.74) is 6.38. The highest BCUT2D eigenvalue weighted by Crippen LogP contribution is 2.29. The Morgan fingerprint density at radius 1 is 1.00 bits per heavy atom. The smallest absolute Gasteiger partial charge is 0.356 e. The maximum Gasteiger partial charge on any atom is 0.356 e. The maximum absolute atomic E-state index is 12.0. The number of fused-ring (bicyclic) bond motifs is 1. The van der Waals surface area contributed by atoms with Gasteiger partial charge in [0.1, 0.15) is 0 Å². The van der Waals surface area contributed by atoms with Gasteiger partial charge >= 0.3 is 5.97 Å². The van der Waals surface area contributed by atoms with Gasteiger partial charge in [-0.15, -0.1) is 0 Å². The lowest BCUT2D eigenvalue weighted by Crippen LogP contribution is -2.06. The molecule has 0 amide bonds. The van der Waals surface area contributed by atoms with Crippen LogP contribution in [-0.2, 0) is 4.74 Å². The second-order valence-corrected chi connectivity index (χ2v) is 5.94. The van der Waals surface area contributed by atoms with Crippen LogP contribution >= 0.6 is 0 Å². The number of benzene rings is 2. The molecule has 0 fully saturated rings. The molecule has 0 aliphatic heterocycles. The zero-order valence-electron chi connectivity index (χ0n) is 14.3. The molecular formula is C20H20N2O2. The van der Waals surface area contributed by atoms with Gasteiger partial charge in [0.2, 0.25) is 0 Å². The predicted octanol–water partition coefficient (Wildman–Crippen LogP) is 4.69. The summed E-state index contributed by atoms with van der Waals surface area (Å²) in [7, 11) is 1.36. The van der Waals surface area contributed by atoms with E-state index in [9.17, 15) is 4.79 Å². The van der Waals surface area contributed by atoms with Crippen LogP contribution in [0.2, 0.25) is 0 Å². The number of nitrogens with zero attached hydrogens (tertiary/aromatic N) is 1. The molecule has 0 bridgehead atoms. The summed E-state index contributed by atoms with van der Waals surface area (Å²) >= 11 is 0. The molecule has 0 spiro atoms. The van der Waals surface area contributed by atoms with Crippen molar-refractivity contribution < 1.29 is 9.53 Å². The zero-order chi connectivity index (χ0) is 17.3. The van der Waals surface area contributed by atoms with E-state index in [0.717, 1.165) is 27.8 Å². The topological polar surface area (TPSA) is 51.2 Å². The summed E-state index contributed by atoms with van der Waals surface area (Å²) in [6.45, 7) is 6.14. The van der Waals surface area contributed by atoms with Crippen molar-refractivity contribution in [1.29, 1.82) is 0 Å². The van der Waals surface area contributed by atoms with Crippen LogP contribution in [0.25, 0.3) is 10.9 Å². The van der Waals surface area contributed by atoms with Crippen molar-refractivity contribution in [2.45, 2.75) is 20.8 Å². The zero-order valence-corrected chi connectivity index (χ0v) is 14.3. The van der Waals surface area contributed by atoms with E-state index in [4.69, 9.17) is 4.74 Å². The number of aryl methyl sites for hydroxylation is 3. The van der Waals surface area contributed by atoms with Gasteiger partial charge in [0.25, 0.3) is 0 Å². The van der Waals surface area contributed by atoms with Crippen LogP contribution in [0.3, 0.4) is 0 Å². The Labute approximate surface area is 141 Å². The number of carbonyl (C=O) groups excluding carboxylic acids is 1. The summed E-state index contributed by atoms with van der Waals surface area (Å²) in [4.78, 5) is 16.4. The minimum absolute atomic E-state index is 0.297. The van der Waals surface area contributed by atoms with Gasteiger partial charge in [0.05, 0.1) is 18.3 Å². The lowest BCUT2D eigenvalue weighted by atomic mass is 10.1. The lowest BCUT2D eigenvalue weighted by molar-refractivity contribution is 0.0594. The molecule has 3 rings (SSSR count). The lowest BCUT2D eigenvalue weighted by Gasteiger charge is -2.13. The Balaban J connectivity index is 2.16. The molecule has 2 aromatic carbocycles. The molecule has 1 N–H and O–H groups in total. The highest BCUT2D eigenvalue weighted by molar-refractivity contribution is 5.99. The van der Waals surface area contributed by atoms with Crippen molar-refractivity contribution >= 4 is 28.2 Å². The first-order valence-electron chi connectivity index (χ1n) is 7.82. The van der Waals surface area contributed by atoms with Gasteiger partial charge in [-0.2, -0.15) is 0 Å². The average molecular weight is 320 g/mol. The summed E-state index contributed by atoms with van der Waals surface area (Å²) in [5.74, 6) is -0.441. The number of carbonyl (C=O) groups is 1. The van der Waals surface area contributed by atoms with Crippen LogP contribution in [-0.4, -0.2) is 18.1 Å². The van der Waals surface area contributed by atoms with Gasteiger partial charge in [-0.1, -0.05) is 24.3 Å². The maximum atomic E-state index is 12.0. The molecular weight excluding hydrogens is 300 g/mol. The number of esters is 1. The summed E-state index contributed by atoms with van der Waals surface area (Å²) < 4.78 is 4.84. The van der Waals surface area contributed by atoms with Crippen molar-refractivity contribution in [2.24, 2.45) is 0 Å². The molecule has 0 aliphatic rings. The molecule has 4 nitrogen and oxygen atoms in total. The fourth-order valence-electron chi connectivity index (χ4n) is 2.68. The number of nitrogens with one attached hydrogen (secondary N) is 1. The first-order chi connectivity index (χ1) is 11.5. The van der Waals surface area contributed by atoms with E-state index >= 15 is 0 Å². The van der Waals surface area contributed by atoms with E-state index in [1.807, 2.05) is 31.2 Å². The van der Waals surface area contributed by atoms with E-state index in [0.29, 0.717) is 5.69 Å². The molecule has 0 atom stereocenters. The fraction of sp³-hybridized carbons (Fsp3) is 0.200. The second kappa shape index (κ2) is 6.32. The molecule has 4 heteroatoms. The quantitative estimate of drug-likeness (QED) is 0.711. The molecule has 24 heavy (non-hydrogen) atoms. The molecule has 1 heterocycles. The number of ether oxygens (including phenoxy) is 1. The Hall–Kier alpha value is -2.88. The molecule has 0 unspecified atom stereocenters. The third-order valence-electron chi connectivity index (χ3n) is 4.22. The molecule has 0 saturated heterocycles. The van der Waals surface area contributed by atoms with Gasteiger partial charge in [0, 0.05) is 11.1 Å². The first-order valence-corrected chi connectivity index (χ1v) is 7.82. The van der Waals surface area contributed by atoms with Crippen molar-refractivity contribution in [3.63, 3.8) is 0 Å². The van der Waals surface area contributed by atoms with E-state index in [1.54, 1.807) is 6.07 Å². The van der Waals surface area contributed by atoms with Crippen LogP contribution in [0.4, 0.5) is 11.4 Å². The second-order valence-electron chi connectivity index (χ2n) is 5.94. The Bertz CT molecular complexity index is 932. The predicted molar refractivity (Wildman–Crippen MR) is 97.0 cm³/mol. The Morgan fingerprint density at radius 2 is 1.79 bits per heavy atom. The largest absolute Gasteiger partial charge is 0.464 e. The molecule has 1 aromatic heterocycles. The summed E-state index contributed by atoms with van der Waals surface area (Å²) in [6, 6.07) is 13.9. The minimum atomic E-state index is -0.441. The van der Waals surface area contributed by atoms with Crippen LogP contribution in [0.5, 0.6) is 0 Å². The number of methoxy groups -OCH3 is 1. The average Bonchev–Trinajstić information content (AvgIpc) is 2.58. The Morgan fingerprint density at radius 3 is 2.50 bits per heavy atom. The molecule has 3 aromatic rings. The van der Waals surface area contributed by atoms with Crippen molar-refractivity contribution in [1.82, 2.24) is 4.98 Å². The van der Waals surface area contributed by atoms with Gasteiger partial charge in [-0.05, 0) is 55.7 Å². The molecule has 0 aliphatic carbocycles. The van der Waals surface area contributed by atoms with Crippen molar-refractivity contribution in [3.8, 4) is 0 Å².